The van der Waals surface area contributed by atoms with Crippen molar-refractivity contribution >= 4 is 5.91 Å². The first-order chi connectivity index (χ1) is 10.2. The van der Waals surface area contributed by atoms with Gasteiger partial charge in [-0.15, -0.1) is 0 Å². The van der Waals surface area contributed by atoms with Crippen LogP contribution in [0.25, 0.3) is 0 Å². The van der Waals surface area contributed by atoms with Gasteiger partial charge in [0.2, 0.25) is 5.91 Å². The molecule has 1 aromatic carbocycles. The van der Waals surface area contributed by atoms with Gasteiger partial charge in [0.15, 0.2) is 0 Å². The van der Waals surface area contributed by atoms with Crippen LogP contribution in [0.15, 0.2) is 30.3 Å². The lowest BCUT2D eigenvalue weighted by Crippen LogP contribution is -2.36. The molecule has 2 rings (SSSR count). The minimum atomic E-state index is -0.258. The summed E-state index contributed by atoms with van der Waals surface area (Å²) in [6.45, 7) is 0.885. The Morgan fingerprint density at radius 1 is 1.24 bits per heavy atom. The molecule has 0 saturated heterocycles. The van der Waals surface area contributed by atoms with Crippen LogP contribution in [-0.2, 0) is 4.79 Å². The standard InChI is InChI=1S/C17H26N2O2/c18-16(13-6-2-1-3-7-13)10-17(21)19-11-14-8-4-5-9-15(14)12-20/h1-3,6-7,14-16,20H,4-5,8-12,18H2,(H,19,21). The van der Waals surface area contributed by atoms with Crippen LogP contribution in [0.3, 0.4) is 0 Å². The van der Waals surface area contributed by atoms with Crippen molar-refractivity contribution in [1.82, 2.24) is 5.32 Å². The number of hydrogen-bond donors (Lipinski definition) is 3. The molecule has 3 unspecified atom stereocenters. The molecule has 0 aliphatic heterocycles. The van der Waals surface area contributed by atoms with Gasteiger partial charge in [-0.05, 0) is 30.2 Å². The van der Waals surface area contributed by atoms with E-state index in [1.54, 1.807) is 0 Å². The summed E-state index contributed by atoms with van der Waals surface area (Å²) in [5, 5.41) is 12.4. The number of nitrogens with two attached hydrogens (primary N) is 1. The van der Waals surface area contributed by atoms with Crippen LogP contribution in [0.2, 0.25) is 0 Å². The van der Waals surface area contributed by atoms with E-state index in [-0.39, 0.29) is 18.6 Å². The van der Waals surface area contributed by atoms with Gasteiger partial charge in [0, 0.05) is 25.6 Å². The molecule has 116 valence electrons. The molecular formula is C17H26N2O2. The third-order valence-electron chi connectivity index (χ3n) is 4.50. The predicted molar refractivity (Wildman–Crippen MR) is 83.5 cm³/mol. The van der Waals surface area contributed by atoms with Crippen LogP contribution < -0.4 is 11.1 Å². The lowest BCUT2D eigenvalue weighted by atomic mass is 9.79. The maximum Gasteiger partial charge on any atom is 0.221 e. The zero-order valence-corrected chi connectivity index (χ0v) is 12.5. The minimum Gasteiger partial charge on any atom is -0.396 e. The van der Waals surface area contributed by atoms with Crippen LogP contribution >= 0.6 is 0 Å². The monoisotopic (exact) mass is 290 g/mol. The van der Waals surface area contributed by atoms with E-state index in [1.807, 2.05) is 30.3 Å². The summed E-state index contributed by atoms with van der Waals surface area (Å²) in [7, 11) is 0. The third-order valence-corrected chi connectivity index (χ3v) is 4.50. The molecule has 4 heteroatoms. The predicted octanol–water partition coefficient (Wildman–Crippen LogP) is 1.99. The molecule has 0 spiro atoms. The van der Waals surface area contributed by atoms with Crippen LogP contribution in [0.1, 0.15) is 43.7 Å². The average molecular weight is 290 g/mol. The number of aliphatic hydroxyl groups is 1. The van der Waals surface area contributed by atoms with Crippen molar-refractivity contribution in [2.24, 2.45) is 17.6 Å². The number of benzene rings is 1. The van der Waals surface area contributed by atoms with Crippen molar-refractivity contribution in [2.75, 3.05) is 13.2 Å². The zero-order valence-electron chi connectivity index (χ0n) is 12.5. The first-order valence-electron chi connectivity index (χ1n) is 7.88. The van der Waals surface area contributed by atoms with Crippen LogP contribution in [0.5, 0.6) is 0 Å². The van der Waals surface area contributed by atoms with Crippen LogP contribution in [0.4, 0.5) is 0 Å². The number of nitrogens with one attached hydrogen (secondary N) is 1. The first kappa shape index (κ1) is 16.0. The molecule has 1 fully saturated rings. The highest BCUT2D eigenvalue weighted by Crippen LogP contribution is 2.29. The molecule has 0 radical (unpaired) electrons. The van der Waals surface area contributed by atoms with E-state index in [1.165, 1.54) is 12.8 Å². The Morgan fingerprint density at radius 2 is 1.90 bits per heavy atom. The number of carbonyl (C=O) groups is 1. The molecule has 0 bridgehead atoms. The summed E-state index contributed by atoms with van der Waals surface area (Å²) < 4.78 is 0. The Morgan fingerprint density at radius 3 is 2.57 bits per heavy atom. The van der Waals surface area contributed by atoms with Crippen molar-refractivity contribution in [3.63, 3.8) is 0 Å². The van der Waals surface area contributed by atoms with E-state index < -0.39 is 0 Å². The molecule has 1 saturated carbocycles. The molecule has 1 amide bonds. The highest BCUT2D eigenvalue weighted by molar-refractivity contribution is 5.76. The Labute approximate surface area is 126 Å². The third kappa shape index (κ3) is 4.83. The highest BCUT2D eigenvalue weighted by atomic mass is 16.3. The molecule has 1 aliphatic carbocycles. The minimum absolute atomic E-state index is 0.00591. The molecule has 3 atom stereocenters. The Kier molecular flexibility index (Phi) is 6.21. The summed E-state index contributed by atoms with van der Waals surface area (Å²) in [6, 6.07) is 9.43. The molecule has 0 aromatic heterocycles. The van der Waals surface area contributed by atoms with Gasteiger partial charge in [-0.1, -0.05) is 43.2 Å². The number of hydrogen-bond acceptors (Lipinski definition) is 3. The molecule has 4 nitrogen and oxygen atoms in total. The smallest absolute Gasteiger partial charge is 0.221 e. The van der Waals surface area contributed by atoms with Crippen molar-refractivity contribution in [3.05, 3.63) is 35.9 Å². The first-order valence-corrected chi connectivity index (χ1v) is 7.88. The largest absolute Gasteiger partial charge is 0.396 e. The van der Waals surface area contributed by atoms with Gasteiger partial charge < -0.3 is 16.2 Å². The zero-order chi connectivity index (χ0) is 15.1. The molecule has 4 N–H and O–H groups in total. The fraction of sp³-hybridized carbons (Fsp3) is 0.588. The summed E-state index contributed by atoms with van der Waals surface area (Å²) in [6.07, 6.45) is 4.85. The van der Waals surface area contributed by atoms with Crippen LogP contribution in [0, 0.1) is 11.8 Å². The van der Waals surface area contributed by atoms with E-state index in [9.17, 15) is 9.90 Å². The molecule has 1 aromatic rings. The Hall–Kier alpha value is -1.39. The Bertz CT molecular complexity index is 436. The second-order valence-electron chi connectivity index (χ2n) is 6.01. The summed E-state index contributed by atoms with van der Waals surface area (Å²) in [4.78, 5) is 12.0. The van der Waals surface area contributed by atoms with Gasteiger partial charge >= 0.3 is 0 Å². The summed E-state index contributed by atoms with van der Waals surface area (Å²) >= 11 is 0. The fourth-order valence-corrected chi connectivity index (χ4v) is 3.13. The number of rotatable bonds is 6. The van der Waals surface area contributed by atoms with E-state index in [0.717, 1.165) is 18.4 Å². The molecule has 21 heavy (non-hydrogen) atoms. The van der Waals surface area contributed by atoms with Crippen molar-refractivity contribution in [3.8, 4) is 0 Å². The Balaban J connectivity index is 1.76. The average Bonchev–Trinajstić information content (AvgIpc) is 2.54. The van der Waals surface area contributed by atoms with Gasteiger partial charge in [0.1, 0.15) is 0 Å². The van der Waals surface area contributed by atoms with E-state index >= 15 is 0 Å². The maximum absolute atomic E-state index is 12.0. The number of carbonyl (C=O) groups excluding carboxylic acids is 1. The quantitative estimate of drug-likeness (QED) is 0.750. The lowest BCUT2D eigenvalue weighted by Gasteiger charge is -2.30. The lowest BCUT2D eigenvalue weighted by molar-refractivity contribution is -0.121. The van der Waals surface area contributed by atoms with E-state index in [4.69, 9.17) is 5.73 Å². The summed E-state index contributed by atoms with van der Waals surface area (Å²) in [5.41, 5.74) is 7.04. The van der Waals surface area contributed by atoms with E-state index in [2.05, 4.69) is 5.32 Å². The van der Waals surface area contributed by atoms with Gasteiger partial charge in [0.25, 0.3) is 0 Å². The fourth-order valence-electron chi connectivity index (χ4n) is 3.13. The molecule has 0 heterocycles. The summed E-state index contributed by atoms with van der Waals surface area (Å²) in [5.74, 6) is 0.733. The van der Waals surface area contributed by atoms with Gasteiger partial charge in [-0.25, -0.2) is 0 Å². The molecule has 1 aliphatic rings. The normalized spacial score (nSPS) is 23.5. The van der Waals surface area contributed by atoms with Crippen molar-refractivity contribution < 1.29 is 9.90 Å². The van der Waals surface area contributed by atoms with Crippen LogP contribution in [-0.4, -0.2) is 24.2 Å². The van der Waals surface area contributed by atoms with Gasteiger partial charge in [-0.3, -0.25) is 4.79 Å². The van der Waals surface area contributed by atoms with Crippen molar-refractivity contribution in [2.45, 2.75) is 38.1 Å². The number of amides is 1. The number of aliphatic hydroxyl groups excluding tert-OH is 1. The second kappa shape index (κ2) is 8.15. The molecular weight excluding hydrogens is 264 g/mol. The van der Waals surface area contributed by atoms with Gasteiger partial charge in [0.05, 0.1) is 0 Å². The second-order valence-corrected chi connectivity index (χ2v) is 6.01. The van der Waals surface area contributed by atoms with Crippen molar-refractivity contribution in [1.29, 1.82) is 0 Å². The topological polar surface area (TPSA) is 75.4 Å². The SMILES string of the molecule is NC(CC(=O)NCC1CCCCC1CO)c1ccccc1. The van der Waals surface area contributed by atoms with E-state index in [0.29, 0.717) is 24.8 Å². The highest BCUT2D eigenvalue weighted by Gasteiger charge is 2.24. The van der Waals surface area contributed by atoms with Gasteiger partial charge in [-0.2, -0.15) is 0 Å². The maximum atomic E-state index is 12.0.